The van der Waals surface area contributed by atoms with E-state index < -0.39 is 29.7 Å². The molecule has 6 amide bonds. The summed E-state index contributed by atoms with van der Waals surface area (Å²) >= 11 is 0. The standard InChI is InChI=1S/C41H45N11O6/c1-23-3-2-4-31(45-23)38(55)47-26-18-28(19-26)51-22-44-35-36(42-21-43-37(35)51)46-25-11-15-50(16-12-25)34(54)17-24-9-13-49(14-10-24)27-5-6-29-30(20-27)41(58)52(40(29)57)32-7-8-33(53)48-39(32)56/h2-6,20-22,24-26,28,32H,7-19H2,1H3,(H,47,55)(H,42,43,46)(H,48,53,56). The minimum absolute atomic E-state index is 0.0536. The first kappa shape index (κ1) is 37.3. The van der Waals surface area contributed by atoms with Crippen molar-refractivity contribution in [1.82, 2.24) is 44.9 Å². The maximum absolute atomic E-state index is 13.4. The molecule has 300 valence electrons. The molecule has 0 radical (unpaired) electrons. The number of nitrogens with one attached hydrogen (secondary N) is 3. The maximum atomic E-state index is 13.4. The third-order valence-corrected chi connectivity index (χ3v) is 12.4. The molecule has 1 saturated carbocycles. The van der Waals surface area contributed by atoms with E-state index in [2.05, 4.69) is 45.4 Å². The van der Waals surface area contributed by atoms with E-state index in [0.29, 0.717) is 49.6 Å². The minimum atomic E-state index is -0.997. The SMILES string of the molecule is Cc1cccc(C(=O)NC2CC(n3cnc4c(NC5CCN(C(=O)CC6CCN(c7ccc8c(c7)C(=O)N(C7CCC(=O)NC7=O)C8=O)CC6)CC5)ncnc43)C2)n1. The highest BCUT2D eigenvalue weighted by Crippen LogP contribution is 2.36. The lowest BCUT2D eigenvalue weighted by Crippen LogP contribution is -2.54. The molecule has 58 heavy (non-hydrogen) atoms. The number of aromatic nitrogens is 5. The molecular formula is C41H45N11O6. The molecule has 17 heteroatoms. The van der Waals surface area contributed by atoms with Gasteiger partial charge in [0.1, 0.15) is 23.6 Å². The number of imidazole rings is 1. The van der Waals surface area contributed by atoms with Crippen molar-refractivity contribution in [2.75, 3.05) is 36.4 Å². The average molecular weight is 788 g/mol. The number of carbonyl (C=O) groups is 6. The Balaban J connectivity index is 0.731. The van der Waals surface area contributed by atoms with Crippen molar-refractivity contribution < 1.29 is 28.8 Å². The number of rotatable bonds is 9. The minimum Gasteiger partial charge on any atom is -0.371 e. The molecule has 1 aromatic carbocycles. The van der Waals surface area contributed by atoms with Gasteiger partial charge in [-0.2, -0.15) is 0 Å². The third-order valence-electron chi connectivity index (χ3n) is 12.4. The molecule has 3 saturated heterocycles. The van der Waals surface area contributed by atoms with Crippen LogP contribution in [-0.2, 0) is 14.4 Å². The van der Waals surface area contributed by atoms with Crippen molar-refractivity contribution in [3.05, 3.63) is 71.6 Å². The normalized spacial score (nSPS) is 22.8. The predicted molar refractivity (Wildman–Crippen MR) is 210 cm³/mol. The first-order valence-electron chi connectivity index (χ1n) is 20.2. The van der Waals surface area contributed by atoms with E-state index in [0.717, 1.165) is 60.5 Å². The van der Waals surface area contributed by atoms with Crippen LogP contribution in [0.15, 0.2) is 49.1 Å². The summed E-state index contributed by atoms with van der Waals surface area (Å²) in [5.74, 6) is -1.14. The topological polar surface area (TPSA) is 205 Å². The van der Waals surface area contributed by atoms with Crippen molar-refractivity contribution >= 4 is 58.1 Å². The number of pyridine rings is 1. The largest absolute Gasteiger partial charge is 0.371 e. The summed E-state index contributed by atoms with van der Waals surface area (Å²) in [5.41, 5.74) is 4.04. The van der Waals surface area contributed by atoms with Crippen molar-refractivity contribution in [3.8, 4) is 0 Å². The van der Waals surface area contributed by atoms with Gasteiger partial charge in [0.2, 0.25) is 17.7 Å². The van der Waals surface area contributed by atoms with E-state index >= 15 is 0 Å². The number of hydrogen-bond acceptors (Lipinski definition) is 12. The third kappa shape index (κ3) is 7.13. The monoisotopic (exact) mass is 787 g/mol. The summed E-state index contributed by atoms with van der Waals surface area (Å²) in [7, 11) is 0. The summed E-state index contributed by atoms with van der Waals surface area (Å²) in [6, 6.07) is 9.98. The smallest absolute Gasteiger partial charge is 0.270 e. The first-order valence-corrected chi connectivity index (χ1v) is 20.2. The molecule has 7 heterocycles. The van der Waals surface area contributed by atoms with E-state index in [9.17, 15) is 28.8 Å². The number of amides is 6. The van der Waals surface area contributed by atoms with Gasteiger partial charge in [-0.05, 0) is 88.1 Å². The molecule has 4 fully saturated rings. The van der Waals surface area contributed by atoms with Gasteiger partial charge in [0, 0.05) is 68.5 Å². The second kappa shape index (κ2) is 15.2. The molecule has 0 spiro atoms. The molecule has 3 N–H and O–H groups in total. The molecule has 0 bridgehead atoms. The highest BCUT2D eigenvalue weighted by Gasteiger charge is 2.45. The van der Waals surface area contributed by atoms with E-state index in [4.69, 9.17) is 0 Å². The highest BCUT2D eigenvalue weighted by molar-refractivity contribution is 6.23. The van der Waals surface area contributed by atoms with Gasteiger partial charge >= 0.3 is 0 Å². The fourth-order valence-corrected chi connectivity index (χ4v) is 8.98. The molecule has 3 aromatic heterocycles. The lowest BCUT2D eigenvalue weighted by molar-refractivity contribution is -0.136. The number of benzene rings is 1. The van der Waals surface area contributed by atoms with E-state index in [1.807, 2.05) is 30.0 Å². The van der Waals surface area contributed by atoms with Crippen molar-refractivity contribution in [1.29, 1.82) is 0 Å². The fraction of sp³-hybridized carbons (Fsp3) is 0.463. The Morgan fingerprint density at radius 2 is 1.64 bits per heavy atom. The second-order valence-corrected chi connectivity index (χ2v) is 16.1. The van der Waals surface area contributed by atoms with Crippen LogP contribution in [0.4, 0.5) is 11.5 Å². The van der Waals surface area contributed by atoms with Gasteiger partial charge in [-0.15, -0.1) is 0 Å². The van der Waals surface area contributed by atoms with E-state index in [1.54, 1.807) is 30.9 Å². The zero-order valence-corrected chi connectivity index (χ0v) is 32.2. The van der Waals surface area contributed by atoms with Crippen LogP contribution >= 0.6 is 0 Å². The van der Waals surface area contributed by atoms with Crippen LogP contribution < -0.4 is 20.9 Å². The van der Waals surface area contributed by atoms with Crippen LogP contribution in [-0.4, -0.2) is 114 Å². The maximum Gasteiger partial charge on any atom is 0.270 e. The number of anilines is 2. The van der Waals surface area contributed by atoms with Crippen LogP contribution in [0.25, 0.3) is 11.2 Å². The van der Waals surface area contributed by atoms with Gasteiger partial charge in [0.05, 0.1) is 17.5 Å². The number of imide groups is 2. The van der Waals surface area contributed by atoms with Crippen molar-refractivity contribution in [2.24, 2.45) is 5.92 Å². The second-order valence-electron chi connectivity index (χ2n) is 16.1. The van der Waals surface area contributed by atoms with Crippen LogP contribution in [0.5, 0.6) is 0 Å². The molecular weight excluding hydrogens is 743 g/mol. The zero-order valence-electron chi connectivity index (χ0n) is 32.2. The summed E-state index contributed by atoms with van der Waals surface area (Å²) in [5, 5.41) is 8.88. The summed E-state index contributed by atoms with van der Waals surface area (Å²) in [6.07, 6.45) is 8.81. The van der Waals surface area contributed by atoms with Gasteiger partial charge in [0.25, 0.3) is 17.7 Å². The zero-order chi connectivity index (χ0) is 40.1. The van der Waals surface area contributed by atoms with Crippen LogP contribution in [0.3, 0.4) is 0 Å². The average Bonchev–Trinajstić information content (AvgIpc) is 3.74. The van der Waals surface area contributed by atoms with Gasteiger partial charge in [-0.1, -0.05) is 6.07 Å². The number of aryl methyl sites for hydroxylation is 1. The quantitative estimate of drug-likeness (QED) is 0.210. The van der Waals surface area contributed by atoms with Crippen molar-refractivity contribution in [2.45, 2.75) is 88.9 Å². The lowest BCUT2D eigenvalue weighted by atomic mass is 9.86. The lowest BCUT2D eigenvalue weighted by Gasteiger charge is -2.36. The van der Waals surface area contributed by atoms with Crippen molar-refractivity contribution in [3.63, 3.8) is 0 Å². The molecule has 1 atom stereocenters. The summed E-state index contributed by atoms with van der Waals surface area (Å²) < 4.78 is 2.06. The number of carbonyl (C=O) groups excluding carboxylic acids is 6. The molecule has 1 unspecified atom stereocenters. The Hall–Kier alpha value is -6.26. The Morgan fingerprint density at radius 1 is 0.862 bits per heavy atom. The first-order chi connectivity index (χ1) is 28.1. The summed E-state index contributed by atoms with van der Waals surface area (Å²) in [6.45, 7) is 4.61. The predicted octanol–water partition coefficient (Wildman–Crippen LogP) is 2.77. The fourth-order valence-electron chi connectivity index (χ4n) is 8.98. The molecule has 1 aliphatic carbocycles. The van der Waals surface area contributed by atoms with Gasteiger partial charge < -0.3 is 25.0 Å². The van der Waals surface area contributed by atoms with E-state index in [-0.39, 0.29) is 59.8 Å². The molecule has 4 aromatic rings. The number of piperidine rings is 3. The highest BCUT2D eigenvalue weighted by atomic mass is 16.2. The van der Waals surface area contributed by atoms with Crippen LogP contribution in [0, 0.1) is 12.8 Å². The number of hydrogen-bond donors (Lipinski definition) is 3. The Morgan fingerprint density at radius 3 is 2.40 bits per heavy atom. The van der Waals surface area contributed by atoms with Crippen LogP contribution in [0.1, 0.15) is 101 Å². The number of fused-ring (bicyclic) bond motifs is 2. The Kier molecular flexibility index (Phi) is 9.81. The van der Waals surface area contributed by atoms with Gasteiger partial charge in [-0.3, -0.25) is 39.0 Å². The van der Waals surface area contributed by atoms with Gasteiger partial charge in [-0.25, -0.2) is 19.9 Å². The summed E-state index contributed by atoms with van der Waals surface area (Å²) in [4.78, 5) is 99.7. The molecule has 5 aliphatic rings. The Labute approximate surface area is 334 Å². The van der Waals surface area contributed by atoms with E-state index in [1.165, 1.54) is 0 Å². The van der Waals surface area contributed by atoms with Gasteiger partial charge in [0.15, 0.2) is 11.5 Å². The van der Waals surface area contributed by atoms with Crippen LogP contribution in [0.2, 0.25) is 0 Å². The molecule has 9 rings (SSSR count). The number of likely N-dealkylation sites (tertiary alicyclic amines) is 1. The Bertz CT molecular complexity index is 2320. The molecule has 4 aliphatic heterocycles. The molecule has 17 nitrogen and oxygen atoms in total. The number of nitrogens with zero attached hydrogens (tertiary/aromatic N) is 8.